The Hall–Kier alpha value is -3.82. The standard InChI is InChI=1S/C49H62N2O9S2/c1-30(53)27-51-41-16-10-34(23-35(41)28-52)48(50-22-6-21-49(58)19-4-3-5-20-49)60-44-26-37(55)14-8-32-11-17-42(56)47(59-2)46(32)38-15-9-31-7-13-36(54)25-39(31)40(38)29-61-62-45-18-12-33(44)24-43(45)57/h7,9-11,13,15-17,23,25,33,43-45,48,50-52,54,56-58H,3-6,8,12,14,18-22,24,26-29H2,1-2H3. The molecule has 2 bridgehead atoms. The Kier molecular flexibility index (Phi) is 15.8. The highest BCUT2D eigenvalue weighted by Crippen LogP contribution is 2.48. The Labute approximate surface area is 372 Å². The summed E-state index contributed by atoms with van der Waals surface area (Å²) < 4.78 is 12.9. The van der Waals surface area contributed by atoms with Gasteiger partial charge in [0.15, 0.2) is 11.5 Å². The maximum absolute atomic E-state index is 14.3. The van der Waals surface area contributed by atoms with Crippen LogP contribution in [0.3, 0.4) is 0 Å². The number of aliphatic hydroxyl groups excluding tert-OH is 2. The van der Waals surface area contributed by atoms with Crippen LogP contribution in [0.2, 0.25) is 0 Å². The summed E-state index contributed by atoms with van der Waals surface area (Å²) in [5, 5.41) is 63.6. The molecule has 2 aliphatic carbocycles. The molecule has 334 valence electrons. The van der Waals surface area contributed by atoms with Gasteiger partial charge in [-0.15, -0.1) is 0 Å². The third kappa shape index (κ3) is 11.3. The third-order valence-corrected chi connectivity index (χ3v) is 15.8. The van der Waals surface area contributed by atoms with E-state index in [0.717, 1.165) is 84.4 Å². The Balaban J connectivity index is 1.20. The van der Waals surface area contributed by atoms with E-state index in [1.165, 1.54) is 14.0 Å². The van der Waals surface area contributed by atoms with Gasteiger partial charge in [-0.25, -0.2) is 0 Å². The molecule has 0 radical (unpaired) electrons. The highest BCUT2D eigenvalue weighted by atomic mass is 33.1. The zero-order chi connectivity index (χ0) is 43.8. The molecule has 2 heterocycles. The molecule has 7 N–H and O–H groups in total. The first-order chi connectivity index (χ1) is 29.9. The number of hydrogen-bond acceptors (Lipinski definition) is 13. The van der Waals surface area contributed by atoms with Crippen LogP contribution in [0.5, 0.6) is 17.2 Å². The summed E-state index contributed by atoms with van der Waals surface area (Å²) in [6, 6.07) is 18.4. The molecule has 2 saturated carbocycles. The minimum Gasteiger partial charge on any atom is -0.508 e. The molecule has 0 amide bonds. The highest BCUT2D eigenvalue weighted by molar-refractivity contribution is 8.76. The number of carbonyl (C=O) groups is 2. The van der Waals surface area contributed by atoms with E-state index in [2.05, 4.69) is 10.6 Å². The van der Waals surface area contributed by atoms with Gasteiger partial charge in [-0.1, -0.05) is 71.2 Å². The third-order valence-electron chi connectivity index (χ3n) is 13.0. The molecule has 0 spiro atoms. The second kappa shape index (κ2) is 21.2. The number of phenols is 2. The van der Waals surface area contributed by atoms with Crippen molar-refractivity contribution in [2.75, 3.05) is 25.5 Å². The first kappa shape index (κ1) is 46.2. The van der Waals surface area contributed by atoms with Gasteiger partial charge < -0.3 is 40.3 Å². The first-order valence-electron chi connectivity index (χ1n) is 22.2. The lowest BCUT2D eigenvalue weighted by Crippen LogP contribution is -2.40. The maximum atomic E-state index is 14.3. The van der Waals surface area contributed by atoms with Crippen molar-refractivity contribution in [3.63, 3.8) is 0 Å². The molecular weight excluding hydrogens is 825 g/mol. The summed E-state index contributed by atoms with van der Waals surface area (Å²) in [6.07, 6.45) is 7.05. The number of aliphatic hydroxyl groups is 3. The average molecular weight is 887 g/mol. The topological polar surface area (TPSA) is 178 Å². The second-order valence-electron chi connectivity index (χ2n) is 17.5. The molecule has 8 rings (SSSR count). The molecule has 4 aromatic carbocycles. The minimum absolute atomic E-state index is 0.00314. The molecule has 13 heteroatoms. The van der Waals surface area contributed by atoms with Gasteiger partial charge in [0.25, 0.3) is 0 Å². The van der Waals surface area contributed by atoms with Crippen LogP contribution in [0.1, 0.15) is 112 Å². The number of anilines is 1. The number of hydrogen-bond donors (Lipinski definition) is 7. The molecule has 0 aromatic heterocycles. The van der Waals surface area contributed by atoms with Crippen molar-refractivity contribution >= 4 is 49.6 Å². The Morgan fingerprint density at radius 2 is 1.81 bits per heavy atom. The number of nitrogens with one attached hydrogen (secondary N) is 2. The van der Waals surface area contributed by atoms with E-state index in [0.29, 0.717) is 54.1 Å². The fourth-order valence-corrected chi connectivity index (χ4v) is 12.5. The van der Waals surface area contributed by atoms with Gasteiger partial charge in [-0.2, -0.15) is 0 Å². The molecule has 11 nitrogen and oxygen atoms in total. The van der Waals surface area contributed by atoms with Gasteiger partial charge in [-0.3, -0.25) is 14.9 Å². The number of ether oxygens (including phenoxy) is 2. The number of benzene rings is 4. The number of phenolic OH excluding ortho intramolecular Hbond substituents is 2. The van der Waals surface area contributed by atoms with E-state index in [-0.39, 0.29) is 60.2 Å². The van der Waals surface area contributed by atoms with E-state index >= 15 is 0 Å². The molecule has 2 fully saturated rings. The number of methoxy groups -OCH3 is 1. The predicted octanol–water partition coefficient (Wildman–Crippen LogP) is 8.89. The van der Waals surface area contributed by atoms with Crippen molar-refractivity contribution in [1.29, 1.82) is 0 Å². The Bertz CT molecular complexity index is 2190. The van der Waals surface area contributed by atoms with Crippen LogP contribution >= 0.6 is 21.6 Å². The van der Waals surface area contributed by atoms with Crippen molar-refractivity contribution < 1.29 is 44.6 Å². The fraction of sp³-hybridized carbons (Fsp3) is 0.510. The van der Waals surface area contributed by atoms with Crippen LogP contribution in [0.4, 0.5) is 5.69 Å². The Morgan fingerprint density at radius 3 is 2.56 bits per heavy atom. The van der Waals surface area contributed by atoms with E-state index in [4.69, 9.17) is 9.47 Å². The van der Waals surface area contributed by atoms with Crippen LogP contribution in [-0.2, 0) is 33.1 Å². The lowest BCUT2D eigenvalue weighted by atomic mass is 9.81. The molecule has 5 atom stereocenters. The summed E-state index contributed by atoms with van der Waals surface area (Å²) in [5.74, 6) is 0.880. The van der Waals surface area contributed by atoms with Crippen LogP contribution in [0, 0.1) is 5.92 Å². The lowest BCUT2D eigenvalue weighted by Gasteiger charge is -2.38. The second-order valence-corrected chi connectivity index (χ2v) is 20.1. The number of ketones is 2. The number of aryl methyl sites for hydroxylation is 1. The molecule has 4 aromatic rings. The SMILES string of the molecule is COc1c(O)ccc2c1-c1ccc3ccc(O)cc3c1CSSC1CCC(CC1O)C(OC(NCCCC1(O)CCCCC1)c1ccc(NCC(C)=O)c(CO)c1)CC(=O)CC2. The molecule has 62 heavy (non-hydrogen) atoms. The minimum atomic E-state index is -0.662. The molecule has 5 unspecified atom stereocenters. The molecule has 2 aliphatic heterocycles. The van der Waals surface area contributed by atoms with Crippen LogP contribution in [-0.4, -0.2) is 80.4 Å². The summed E-state index contributed by atoms with van der Waals surface area (Å²) in [7, 11) is 4.84. The maximum Gasteiger partial charge on any atom is 0.168 e. The van der Waals surface area contributed by atoms with Crippen molar-refractivity contribution in [1.82, 2.24) is 5.32 Å². The average Bonchev–Trinajstić information content (AvgIpc) is 3.26. The van der Waals surface area contributed by atoms with Crippen molar-refractivity contribution in [2.24, 2.45) is 5.92 Å². The zero-order valence-corrected chi connectivity index (χ0v) is 37.5. The number of carbonyl (C=O) groups excluding carboxylic acids is 2. The van der Waals surface area contributed by atoms with Gasteiger partial charge in [-0.05, 0) is 134 Å². The summed E-state index contributed by atoms with van der Waals surface area (Å²) in [6.45, 7) is 1.93. The Morgan fingerprint density at radius 1 is 1.00 bits per heavy atom. The predicted molar refractivity (Wildman–Crippen MR) is 248 cm³/mol. The van der Waals surface area contributed by atoms with Crippen molar-refractivity contribution in [3.05, 3.63) is 82.9 Å². The molecule has 0 saturated heterocycles. The van der Waals surface area contributed by atoms with E-state index in [1.807, 2.05) is 42.5 Å². The van der Waals surface area contributed by atoms with E-state index in [1.54, 1.807) is 39.8 Å². The number of fused-ring (bicyclic) bond motifs is 9. The summed E-state index contributed by atoms with van der Waals surface area (Å²) in [5.41, 5.74) is 4.73. The largest absolute Gasteiger partial charge is 0.508 e. The number of rotatable bonds is 13. The monoisotopic (exact) mass is 886 g/mol. The highest BCUT2D eigenvalue weighted by Gasteiger charge is 2.37. The van der Waals surface area contributed by atoms with Gasteiger partial charge in [0, 0.05) is 40.7 Å². The van der Waals surface area contributed by atoms with Gasteiger partial charge in [0.2, 0.25) is 0 Å². The normalized spacial score (nSPS) is 22.4. The van der Waals surface area contributed by atoms with Crippen LogP contribution in [0.15, 0.2) is 60.7 Å². The molecule has 4 aliphatic rings. The first-order valence-corrected chi connectivity index (χ1v) is 24.5. The van der Waals surface area contributed by atoms with Gasteiger partial charge >= 0.3 is 0 Å². The van der Waals surface area contributed by atoms with Gasteiger partial charge in [0.05, 0.1) is 38.1 Å². The van der Waals surface area contributed by atoms with Crippen molar-refractivity contribution in [2.45, 2.75) is 132 Å². The van der Waals surface area contributed by atoms with Gasteiger partial charge in [0.1, 0.15) is 23.5 Å². The smallest absolute Gasteiger partial charge is 0.168 e. The number of Topliss-reactive ketones (excluding diaryl/α,β-unsaturated/α-hetero) is 2. The summed E-state index contributed by atoms with van der Waals surface area (Å²) in [4.78, 5) is 26.1. The lowest BCUT2D eigenvalue weighted by molar-refractivity contribution is -0.128. The van der Waals surface area contributed by atoms with Crippen LogP contribution < -0.4 is 15.4 Å². The molecular formula is C49H62N2O9S2. The summed E-state index contributed by atoms with van der Waals surface area (Å²) >= 11 is 0. The quantitative estimate of drug-likeness (QED) is 0.0385. The fourth-order valence-electron chi connectivity index (χ4n) is 9.62. The zero-order valence-electron chi connectivity index (χ0n) is 35.9. The van der Waals surface area contributed by atoms with Crippen molar-refractivity contribution in [3.8, 4) is 28.4 Å². The van der Waals surface area contributed by atoms with E-state index < -0.39 is 24.0 Å². The number of aromatic hydroxyl groups is 2. The van der Waals surface area contributed by atoms with E-state index in [9.17, 15) is 35.1 Å². The van der Waals surface area contributed by atoms with Crippen LogP contribution in [0.25, 0.3) is 21.9 Å².